The van der Waals surface area contributed by atoms with Crippen molar-refractivity contribution >= 4 is 11.9 Å². The Morgan fingerprint density at radius 1 is 0.653 bits per heavy atom. The van der Waals surface area contributed by atoms with Gasteiger partial charge in [-0.2, -0.15) is 26.3 Å². The second-order valence-electron chi connectivity index (χ2n) is 17.2. The number of carbonyl (C=O) groups excluding carboxylic acids is 2. The van der Waals surface area contributed by atoms with Crippen molar-refractivity contribution in [3.8, 4) is 0 Å². The number of esters is 2. The van der Waals surface area contributed by atoms with Crippen LogP contribution in [0.2, 0.25) is 0 Å². The normalized spacial score (nSPS) is 43.1. The van der Waals surface area contributed by atoms with Gasteiger partial charge in [-0.15, -0.1) is 0 Å². The number of alkyl halides is 6. The van der Waals surface area contributed by atoms with Crippen LogP contribution in [-0.4, -0.2) is 70.6 Å². The highest BCUT2D eigenvalue weighted by Crippen LogP contribution is 2.72. The molecule has 0 aliphatic heterocycles. The van der Waals surface area contributed by atoms with Crippen LogP contribution in [0.25, 0.3) is 0 Å². The number of aliphatic hydroxyl groups excluding tert-OH is 1. The lowest BCUT2D eigenvalue weighted by Crippen LogP contribution is -2.56. The molecule has 0 aromatic heterocycles. The number of rotatable bonds is 11. The van der Waals surface area contributed by atoms with Gasteiger partial charge in [0.2, 0.25) is 0 Å². The second kappa shape index (κ2) is 12.8. The topological polar surface area (TPSA) is 113 Å². The van der Waals surface area contributed by atoms with Crippen LogP contribution in [0.5, 0.6) is 0 Å². The summed E-state index contributed by atoms with van der Waals surface area (Å²) in [4.78, 5) is 26.3. The average molecular weight is 711 g/mol. The van der Waals surface area contributed by atoms with Crippen molar-refractivity contribution in [3.63, 3.8) is 0 Å². The lowest BCUT2D eigenvalue weighted by atomic mass is 9.54. The van der Waals surface area contributed by atoms with Crippen LogP contribution in [0.4, 0.5) is 26.3 Å². The molecule has 0 saturated heterocycles. The minimum absolute atomic E-state index is 0.00248. The fourth-order valence-corrected chi connectivity index (χ4v) is 12.9. The summed E-state index contributed by atoms with van der Waals surface area (Å²) in [5, 5.41) is 29.9. The molecule has 6 rings (SSSR count). The zero-order valence-corrected chi connectivity index (χ0v) is 28.7. The zero-order valence-electron chi connectivity index (χ0n) is 28.7. The lowest BCUT2D eigenvalue weighted by molar-refractivity contribution is -0.370. The molecule has 0 amide bonds. The predicted octanol–water partition coefficient (Wildman–Crippen LogP) is 6.18. The Balaban J connectivity index is 1.18. The maximum absolute atomic E-state index is 13.4. The van der Waals surface area contributed by atoms with E-state index in [0.29, 0.717) is 47.8 Å². The molecule has 0 aromatic carbocycles. The van der Waals surface area contributed by atoms with Crippen molar-refractivity contribution in [2.75, 3.05) is 19.8 Å². The summed E-state index contributed by atoms with van der Waals surface area (Å²) in [7, 11) is 0. The fourth-order valence-electron chi connectivity index (χ4n) is 12.9. The molecule has 6 bridgehead atoms. The molecule has 280 valence electrons. The van der Waals surface area contributed by atoms with Crippen LogP contribution in [0.1, 0.15) is 79.1 Å². The van der Waals surface area contributed by atoms with Crippen molar-refractivity contribution in [3.05, 3.63) is 0 Å². The molecule has 0 heterocycles. The van der Waals surface area contributed by atoms with Crippen LogP contribution in [0, 0.1) is 88.8 Å². The van der Waals surface area contributed by atoms with Crippen LogP contribution < -0.4 is 0 Å². The molecule has 0 radical (unpaired) electrons. The third kappa shape index (κ3) is 6.11. The summed E-state index contributed by atoms with van der Waals surface area (Å²) in [5.74, 6) is 1.88. The van der Waals surface area contributed by atoms with E-state index in [2.05, 4.69) is 13.8 Å². The van der Waals surface area contributed by atoms with E-state index in [1.54, 1.807) is 0 Å². The number of carbonyl (C=O) groups is 2. The summed E-state index contributed by atoms with van der Waals surface area (Å²) < 4.78 is 89.3. The quantitative estimate of drug-likeness (QED) is 0.134. The fraction of sp³-hybridized carbons (Fsp3) is 0.944. The van der Waals surface area contributed by atoms with E-state index in [1.807, 2.05) is 13.8 Å². The number of hydrogen-bond acceptors (Lipinski definition) is 7. The van der Waals surface area contributed by atoms with Crippen LogP contribution in [0.3, 0.4) is 0 Å². The number of halogens is 6. The highest BCUT2D eigenvalue weighted by Gasteiger charge is 2.70. The first-order valence-corrected chi connectivity index (χ1v) is 18.2. The third-order valence-corrected chi connectivity index (χ3v) is 14.7. The van der Waals surface area contributed by atoms with Gasteiger partial charge in [0.05, 0.1) is 30.7 Å². The van der Waals surface area contributed by atoms with E-state index in [4.69, 9.17) is 14.6 Å². The smallest absolute Gasteiger partial charge is 0.426 e. The van der Waals surface area contributed by atoms with Crippen molar-refractivity contribution in [2.45, 2.75) is 103 Å². The predicted molar refractivity (Wildman–Crippen MR) is 163 cm³/mol. The van der Waals surface area contributed by atoms with Crippen molar-refractivity contribution in [2.24, 2.45) is 88.8 Å². The Kier molecular flexibility index (Phi) is 9.72. The molecule has 0 aromatic rings. The minimum Gasteiger partial charge on any atom is -0.465 e. The molecule has 13 heteroatoms. The van der Waals surface area contributed by atoms with E-state index in [-0.39, 0.29) is 60.6 Å². The molecule has 6 saturated carbocycles. The van der Waals surface area contributed by atoms with Gasteiger partial charge in [0, 0.05) is 0 Å². The number of aliphatic hydroxyl groups is 3. The maximum atomic E-state index is 13.4. The summed E-state index contributed by atoms with van der Waals surface area (Å²) >= 11 is 0. The van der Waals surface area contributed by atoms with Gasteiger partial charge in [0.15, 0.2) is 0 Å². The molecule has 6 aliphatic carbocycles. The molecule has 15 atom stereocenters. The Hall–Kier alpha value is -1.60. The highest BCUT2D eigenvalue weighted by atomic mass is 19.4. The van der Waals surface area contributed by atoms with Crippen molar-refractivity contribution in [1.82, 2.24) is 0 Å². The molecule has 3 N–H and O–H groups in total. The van der Waals surface area contributed by atoms with Crippen LogP contribution in [0.15, 0.2) is 0 Å². The second-order valence-corrected chi connectivity index (χ2v) is 17.2. The van der Waals surface area contributed by atoms with Gasteiger partial charge in [-0.1, -0.05) is 13.8 Å². The molecule has 0 spiro atoms. The first-order chi connectivity index (χ1) is 22.7. The van der Waals surface area contributed by atoms with Gasteiger partial charge >= 0.3 is 24.3 Å². The Bertz CT molecular complexity index is 1230. The summed E-state index contributed by atoms with van der Waals surface area (Å²) in [5.41, 5.74) is -5.72. The van der Waals surface area contributed by atoms with Crippen LogP contribution >= 0.6 is 0 Å². The number of ether oxygens (including phenoxy) is 2. The lowest BCUT2D eigenvalue weighted by Gasteiger charge is -2.51. The third-order valence-electron chi connectivity index (χ3n) is 14.7. The molecule has 49 heavy (non-hydrogen) atoms. The largest absolute Gasteiger partial charge is 0.465 e. The number of fused-ring (bicyclic) bond motifs is 6. The van der Waals surface area contributed by atoms with Crippen molar-refractivity contribution < 1.29 is 60.7 Å². The molecule has 6 fully saturated rings. The van der Waals surface area contributed by atoms with Gasteiger partial charge in [-0.3, -0.25) is 9.59 Å². The highest BCUT2D eigenvalue weighted by molar-refractivity contribution is 5.74. The first-order valence-electron chi connectivity index (χ1n) is 18.2. The number of hydrogen-bond donors (Lipinski definition) is 3. The Morgan fingerprint density at radius 2 is 1.18 bits per heavy atom. The molecular formula is C36H52F6O7. The van der Waals surface area contributed by atoms with Gasteiger partial charge in [0.1, 0.15) is 6.61 Å². The average Bonchev–Trinajstić information content (AvgIpc) is 3.84. The van der Waals surface area contributed by atoms with Gasteiger partial charge in [-0.25, -0.2) is 0 Å². The van der Waals surface area contributed by atoms with E-state index in [9.17, 15) is 46.1 Å². The monoisotopic (exact) mass is 710 g/mol. The van der Waals surface area contributed by atoms with Gasteiger partial charge < -0.3 is 24.8 Å². The summed E-state index contributed by atoms with van der Waals surface area (Å²) in [6, 6.07) is 0. The van der Waals surface area contributed by atoms with E-state index >= 15 is 0 Å². The van der Waals surface area contributed by atoms with Crippen molar-refractivity contribution in [1.29, 1.82) is 0 Å². The first kappa shape index (κ1) is 37.2. The Labute approximate surface area is 283 Å². The van der Waals surface area contributed by atoms with Crippen LogP contribution in [-0.2, 0) is 19.1 Å². The molecular weight excluding hydrogens is 658 g/mol. The molecule has 7 nitrogen and oxygen atoms in total. The Morgan fingerprint density at radius 3 is 1.73 bits per heavy atom. The molecule has 13 unspecified atom stereocenters. The SMILES string of the molecule is CC1C2CC(CC2C(=O)OCCO)C1[C@@H]1C2CC(CC2C(C)(C)O)C1[C@H]1C(C)C2CC(C(=O)OCCCC(O)(C(F)(F)F)C(F)(F)F)C1C2. The van der Waals surface area contributed by atoms with Gasteiger partial charge in [-0.05, 0) is 142 Å². The summed E-state index contributed by atoms with van der Waals surface area (Å²) in [6.07, 6.45) is -9.26. The maximum Gasteiger partial charge on any atom is 0.426 e. The van der Waals surface area contributed by atoms with E-state index in [1.165, 1.54) is 0 Å². The standard InChI is InChI=1S/C36H52F6O7/c1-16-18-10-22(24(11-18)32(45)48-8-5-6-34(47,35(37,38)39)36(40,41)42)28(16)29-20-14-25(26(15-20)33(3,4)46)30(29)27-17(2)21-12-19(27)13-23(21)31(44)49-9-7-43/h16-30,43,46-47H,5-15H2,1-4H3/t16?,17?,18?,19?,20?,21?,22?,23?,24?,25?,26?,27?,28-,29?,30-/m0/s1. The van der Waals surface area contributed by atoms with E-state index in [0.717, 1.165) is 32.1 Å². The zero-order chi connectivity index (χ0) is 36.0. The minimum atomic E-state index is -5.91. The summed E-state index contributed by atoms with van der Waals surface area (Å²) in [6.45, 7) is 7.39. The van der Waals surface area contributed by atoms with E-state index < -0.39 is 54.9 Å². The molecule has 6 aliphatic rings. The van der Waals surface area contributed by atoms with Gasteiger partial charge in [0.25, 0.3) is 5.60 Å².